The number of rotatable bonds is 6. The van der Waals surface area contributed by atoms with E-state index in [9.17, 15) is 0 Å². The van der Waals surface area contributed by atoms with Crippen LogP contribution in [0, 0.1) is 0 Å². The summed E-state index contributed by atoms with van der Waals surface area (Å²) in [7, 11) is 1.92. The first-order valence-electron chi connectivity index (χ1n) is 11.4. The highest BCUT2D eigenvalue weighted by atomic mass is 15.3. The predicted octanol–water partition coefficient (Wildman–Crippen LogP) is 4.50. The Hall–Kier alpha value is -3.32. The Morgan fingerprint density at radius 3 is 2.28 bits per heavy atom. The van der Waals surface area contributed by atoms with Crippen LogP contribution in [0.5, 0.6) is 0 Å². The highest BCUT2D eigenvalue weighted by Gasteiger charge is 2.22. The van der Waals surface area contributed by atoms with Crippen LogP contribution in [0.15, 0.2) is 61.4 Å². The van der Waals surface area contributed by atoms with E-state index in [1.807, 2.05) is 50.2 Å². The van der Waals surface area contributed by atoms with Crippen LogP contribution in [0.4, 0.5) is 0 Å². The first-order chi connectivity index (χ1) is 15.7. The van der Waals surface area contributed by atoms with Crippen molar-refractivity contribution in [2.75, 3.05) is 6.54 Å². The first-order valence-corrected chi connectivity index (χ1v) is 11.4. The lowest BCUT2D eigenvalue weighted by atomic mass is 9.91. The van der Waals surface area contributed by atoms with Crippen LogP contribution in [-0.4, -0.2) is 42.1 Å². The Bertz CT molecular complexity index is 1170. The molecule has 1 aliphatic carbocycles. The molecule has 1 aromatic carbocycles. The van der Waals surface area contributed by atoms with Crippen molar-refractivity contribution in [3.63, 3.8) is 0 Å². The Morgan fingerprint density at radius 1 is 0.844 bits per heavy atom. The van der Waals surface area contributed by atoms with E-state index in [4.69, 9.17) is 0 Å². The van der Waals surface area contributed by atoms with Gasteiger partial charge in [-0.1, -0.05) is 25.1 Å². The maximum Gasteiger partial charge on any atom is 0.159 e. The fourth-order valence-electron chi connectivity index (χ4n) is 4.55. The van der Waals surface area contributed by atoms with E-state index >= 15 is 0 Å². The lowest BCUT2D eigenvalue weighted by Gasteiger charge is -2.29. The minimum atomic E-state index is 0.481. The molecular weight excluding hydrogens is 398 g/mol. The van der Waals surface area contributed by atoms with Gasteiger partial charge in [-0.25, -0.2) is 9.97 Å². The van der Waals surface area contributed by atoms with Crippen molar-refractivity contribution in [2.45, 2.75) is 44.7 Å². The summed E-state index contributed by atoms with van der Waals surface area (Å²) in [4.78, 5) is 9.28. The molecule has 5 rings (SSSR count). The van der Waals surface area contributed by atoms with Gasteiger partial charge in [-0.05, 0) is 43.9 Å². The Kier molecular flexibility index (Phi) is 5.81. The summed E-state index contributed by atoms with van der Waals surface area (Å²) >= 11 is 0. The second kappa shape index (κ2) is 9.04. The van der Waals surface area contributed by atoms with Crippen molar-refractivity contribution in [1.82, 2.24) is 34.8 Å². The minimum Gasteiger partial charge on any atom is -0.314 e. The first kappa shape index (κ1) is 20.6. The van der Waals surface area contributed by atoms with Gasteiger partial charge >= 0.3 is 0 Å². The highest BCUT2D eigenvalue weighted by molar-refractivity contribution is 5.70. The molecule has 0 atom stereocenters. The molecule has 3 aromatic heterocycles. The summed E-state index contributed by atoms with van der Waals surface area (Å²) in [6.45, 7) is 3.22. The third-order valence-corrected chi connectivity index (χ3v) is 6.31. The van der Waals surface area contributed by atoms with Crippen LogP contribution >= 0.6 is 0 Å². The van der Waals surface area contributed by atoms with Crippen molar-refractivity contribution in [3.8, 4) is 33.6 Å². The van der Waals surface area contributed by atoms with Gasteiger partial charge in [0.15, 0.2) is 5.82 Å². The van der Waals surface area contributed by atoms with Gasteiger partial charge in [-0.2, -0.15) is 10.2 Å². The molecule has 0 spiro atoms. The second-order valence-electron chi connectivity index (χ2n) is 8.55. The van der Waals surface area contributed by atoms with Crippen molar-refractivity contribution in [3.05, 3.63) is 61.4 Å². The van der Waals surface area contributed by atoms with E-state index in [1.54, 1.807) is 4.68 Å². The molecular formula is C25H29N7. The molecule has 3 heterocycles. The molecule has 1 N–H and O–H groups in total. The quantitative estimate of drug-likeness (QED) is 0.490. The molecule has 1 fully saturated rings. The van der Waals surface area contributed by atoms with Gasteiger partial charge in [0, 0.05) is 60.1 Å². The maximum atomic E-state index is 4.65. The standard InChI is InChI=1S/C25H29N7/c1-3-26-23-7-9-24(10-8-23)32-17-22(15-30-32)20-12-27-25(28-13-20)19-6-4-5-18(11-19)21-14-29-31(2)16-21/h4-6,11-17,23-24,26H,3,7-10H2,1-2H3. The molecule has 0 aliphatic heterocycles. The second-order valence-corrected chi connectivity index (χ2v) is 8.55. The van der Waals surface area contributed by atoms with E-state index in [0.717, 1.165) is 34.4 Å². The molecule has 7 nitrogen and oxygen atoms in total. The lowest BCUT2D eigenvalue weighted by molar-refractivity contribution is 0.279. The van der Waals surface area contributed by atoms with Crippen molar-refractivity contribution >= 4 is 0 Å². The van der Waals surface area contributed by atoms with Gasteiger partial charge in [-0.3, -0.25) is 9.36 Å². The molecule has 7 heteroatoms. The maximum absolute atomic E-state index is 4.65. The van der Waals surface area contributed by atoms with E-state index in [0.29, 0.717) is 17.9 Å². The summed E-state index contributed by atoms with van der Waals surface area (Å²) in [5, 5.41) is 12.5. The molecule has 1 saturated carbocycles. The zero-order chi connectivity index (χ0) is 21.9. The Balaban J connectivity index is 1.30. The van der Waals surface area contributed by atoms with Crippen LogP contribution in [0.25, 0.3) is 33.6 Å². The normalized spacial score (nSPS) is 18.7. The zero-order valence-electron chi connectivity index (χ0n) is 18.6. The number of hydrogen-bond acceptors (Lipinski definition) is 5. The molecule has 0 saturated heterocycles. The van der Waals surface area contributed by atoms with Crippen molar-refractivity contribution in [1.29, 1.82) is 0 Å². The summed E-state index contributed by atoms with van der Waals surface area (Å²) < 4.78 is 3.93. The van der Waals surface area contributed by atoms with Gasteiger partial charge in [0.25, 0.3) is 0 Å². The van der Waals surface area contributed by atoms with Crippen LogP contribution in [0.1, 0.15) is 38.6 Å². The van der Waals surface area contributed by atoms with Gasteiger partial charge in [0.1, 0.15) is 0 Å². The van der Waals surface area contributed by atoms with Crippen molar-refractivity contribution < 1.29 is 0 Å². The summed E-state index contributed by atoms with van der Waals surface area (Å²) in [6, 6.07) is 9.39. The number of hydrogen-bond donors (Lipinski definition) is 1. The average molecular weight is 428 g/mol. The van der Waals surface area contributed by atoms with Crippen LogP contribution in [0.2, 0.25) is 0 Å². The molecule has 164 valence electrons. The third-order valence-electron chi connectivity index (χ3n) is 6.31. The van der Waals surface area contributed by atoms with Gasteiger partial charge < -0.3 is 5.32 Å². The molecule has 4 aromatic rings. The van der Waals surface area contributed by atoms with Crippen molar-refractivity contribution in [2.24, 2.45) is 7.05 Å². The predicted molar refractivity (Wildman–Crippen MR) is 126 cm³/mol. The molecule has 0 bridgehead atoms. The zero-order valence-corrected chi connectivity index (χ0v) is 18.6. The topological polar surface area (TPSA) is 73.5 Å². The molecule has 32 heavy (non-hydrogen) atoms. The molecule has 1 aliphatic rings. The Morgan fingerprint density at radius 2 is 1.56 bits per heavy atom. The lowest BCUT2D eigenvalue weighted by Crippen LogP contribution is -2.33. The molecule has 0 unspecified atom stereocenters. The summed E-state index contributed by atoms with van der Waals surface area (Å²) in [5.41, 5.74) is 5.23. The summed E-state index contributed by atoms with van der Waals surface area (Å²) in [5.74, 6) is 0.716. The number of aryl methyl sites for hydroxylation is 1. The fourth-order valence-corrected chi connectivity index (χ4v) is 4.55. The minimum absolute atomic E-state index is 0.481. The van der Waals surface area contributed by atoms with Gasteiger partial charge in [0.05, 0.1) is 18.4 Å². The molecule has 0 amide bonds. The van der Waals surface area contributed by atoms with E-state index in [-0.39, 0.29) is 0 Å². The Labute approximate surface area is 188 Å². The van der Waals surface area contributed by atoms with Gasteiger partial charge in [0.2, 0.25) is 0 Å². The highest BCUT2D eigenvalue weighted by Crippen LogP contribution is 2.30. The molecule has 0 radical (unpaired) electrons. The van der Waals surface area contributed by atoms with Crippen LogP contribution < -0.4 is 5.32 Å². The number of benzene rings is 1. The monoisotopic (exact) mass is 427 g/mol. The smallest absolute Gasteiger partial charge is 0.159 e. The van der Waals surface area contributed by atoms with E-state index < -0.39 is 0 Å². The largest absolute Gasteiger partial charge is 0.314 e. The van der Waals surface area contributed by atoms with Crippen LogP contribution in [-0.2, 0) is 7.05 Å². The average Bonchev–Trinajstić information content (AvgIpc) is 3.50. The number of nitrogens with one attached hydrogen (secondary N) is 1. The SMILES string of the molecule is CCNC1CCC(n2cc(-c3cnc(-c4cccc(-c5cnn(C)c5)c4)nc3)cn2)CC1. The van der Waals surface area contributed by atoms with Crippen LogP contribution in [0.3, 0.4) is 0 Å². The summed E-state index contributed by atoms with van der Waals surface area (Å²) in [6.07, 6.45) is 16.5. The van der Waals surface area contributed by atoms with Gasteiger partial charge in [-0.15, -0.1) is 0 Å². The van der Waals surface area contributed by atoms with E-state index in [1.165, 1.54) is 25.7 Å². The number of nitrogens with zero attached hydrogens (tertiary/aromatic N) is 6. The third kappa shape index (κ3) is 4.34. The fraction of sp³-hybridized carbons (Fsp3) is 0.360. The number of aromatic nitrogens is 6. The van der Waals surface area contributed by atoms with E-state index in [2.05, 4.69) is 55.4 Å².